The summed E-state index contributed by atoms with van der Waals surface area (Å²) >= 11 is 6.07. The number of nitrogens with zero attached hydrogens (tertiary/aromatic N) is 6. The van der Waals surface area contributed by atoms with E-state index in [0.29, 0.717) is 5.88 Å². The zero-order chi connectivity index (χ0) is 15.0. The number of alkyl halides is 1. The van der Waals surface area contributed by atoms with Crippen LogP contribution in [0.5, 0.6) is 0 Å². The molecular weight excluding hydrogens is 288 g/mol. The molecule has 112 valence electrons. The number of aryl methyl sites for hydroxylation is 5. The summed E-state index contributed by atoms with van der Waals surface area (Å²) in [5.41, 5.74) is 2.96. The van der Waals surface area contributed by atoms with Crippen molar-refractivity contribution in [1.82, 2.24) is 28.9 Å². The second kappa shape index (κ2) is 5.52. The summed E-state index contributed by atoms with van der Waals surface area (Å²) in [7, 11) is 2.01. The van der Waals surface area contributed by atoms with E-state index in [0.717, 1.165) is 48.0 Å². The largest absolute Gasteiger partial charge is 0.338 e. The van der Waals surface area contributed by atoms with Crippen LogP contribution < -0.4 is 0 Å². The van der Waals surface area contributed by atoms with E-state index in [4.69, 9.17) is 11.6 Å². The average Bonchev–Trinajstić information content (AvgIpc) is 3.13. The summed E-state index contributed by atoms with van der Waals surface area (Å²) < 4.78 is 6.20. The maximum absolute atomic E-state index is 6.07. The maximum atomic E-state index is 6.07. The molecule has 7 heteroatoms. The fourth-order valence-electron chi connectivity index (χ4n) is 2.68. The van der Waals surface area contributed by atoms with Crippen LogP contribution in [0.25, 0.3) is 11.2 Å². The van der Waals surface area contributed by atoms with Crippen molar-refractivity contribution in [2.75, 3.05) is 0 Å². The smallest absolute Gasteiger partial charge is 0.158 e. The Morgan fingerprint density at radius 3 is 2.71 bits per heavy atom. The Balaban J connectivity index is 2.01. The molecule has 0 fully saturated rings. The molecule has 0 aliphatic rings. The van der Waals surface area contributed by atoms with E-state index in [1.165, 1.54) is 0 Å². The minimum Gasteiger partial charge on any atom is -0.338 e. The SMILES string of the molecule is CCn1nc(C)c2nc(CCl)n(CCc3nccn3C)c21. The molecule has 3 aromatic rings. The van der Waals surface area contributed by atoms with Crippen LogP contribution >= 0.6 is 11.6 Å². The molecule has 0 spiro atoms. The summed E-state index contributed by atoms with van der Waals surface area (Å²) in [4.78, 5) is 9.01. The highest BCUT2D eigenvalue weighted by Crippen LogP contribution is 2.21. The number of imidazole rings is 2. The van der Waals surface area contributed by atoms with E-state index in [9.17, 15) is 0 Å². The van der Waals surface area contributed by atoms with E-state index in [2.05, 4.69) is 26.6 Å². The first-order valence-electron chi connectivity index (χ1n) is 7.10. The molecule has 0 aliphatic carbocycles. The lowest BCUT2D eigenvalue weighted by Gasteiger charge is -2.09. The molecule has 0 saturated heterocycles. The Morgan fingerprint density at radius 1 is 1.29 bits per heavy atom. The fourth-order valence-corrected chi connectivity index (χ4v) is 2.88. The molecule has 0 saturated carbocycles. The Kier molecular flexibility index (Phi) is 3.71. The Morgan fingerprint density at radius 2 is 2.10 bits per heavy atom. The molecule has 3 aromatic heterocycles. The Bertz CT molecular complexity index is 766. The standard InChI is InChI=1S/C14H19ClN6/c1-4-21-14-13(10(2)18-21)17-12(9-15)20(14)7-5-11-16-6-8-19(11)3/h6,8H,4-5,7,9H2,1-3H3. The third-order valence-corrected chi connectivity index (χ3v) is 4.02. The molecule has 21 heavy (non-hydrogen) atoms. The van der Waals surface area contributed by atoms with Crippen LogP contribution in [-0.2, 0) is 32.4 Å². The van der Waals surface area contributed by atoms with Crippen molar-refractivity contribution in [3.8, 4) is 0 Å². The van der Waals surface area contributed by atoms with Crippen molar-refractivity contribution in [3.63, 3.8) is 0 Å². The zero-order valence-electron chi connectivity index (χ0n) is 12.5. The van der Waals surface area contributed by atoms with E-state index in [1.54, 1.807) is 0 Å². The molecule has 3 heterocycles. The van der Waals surface area contributed by atoms with Gasteiger partial charge in [0.25, 0.3) is 0 Å². The van der Waals surface area contributed by atoms with Gasteiger partial charge in [-0.2, -0.15) is 5.10 Å². The minimum atomic E-state index is 0.401. The number of hydrogen-bond acceptors (Lipinski definition) is 3. The molecule has 0 aliphatic heterocycles. The summed E-state index contributed by atoms with van der Waals surface area (Å²) in [5, 5.41) is 4.54. The van der Waals surface area contributed by atoms with Crippen LogP contribution in [0.3, 0.4) is 0 Å². The quantitative estimate of drug-likeness (QED) is 0.680. The van der Waals surface area contributed by atoms with E-state index < -0.39 is 0 Å². The van der Waals surface area contributed by atoms with E-state index >= 15 is 0 Å². The second-order valence-corrected chi connectivity index (χ2v) is 5.36. The lowest BCUT2D eigenvalue weighted by molar-refractivity contribution is 0.601. The highest BCUT2D eigenvalue weighted by Gasteiger charge is 2.17. The van der Waals surface area contributed by atoms with Gasteiger partial charge in [-0.05, 0) is 13.8 Å². The number of halogens is 1. The van der Waals surface area contributed by atoms with Gasteiger partial charge in [-0.1, -0.05) is 0 Å². The first-order chi connectivity index (χ1) is 10.2. The highest BCUT2D eigenvalue weighted by atomic mass is 35.5. The van der Waals surface area contributed by atoms with Crippen molar-refractivity contribution in [2.45, 2.75) is 39.2 Å². The molecule has 3 rings (SSSR count). The van der Waals surface area contributed by atoms with Gasteiger partial charge in [-0.25, -0.2) is 14.6 Å². The minimum absolute atomic E-state index is 0.401. The molecule has 0 radical (unpaired) electrons. The molecule has 0 N–H and O–H groups in total. The molecule has 0 atom stereocenters. The van der Waals surface area contributed by atoms with Gasteiger partial charge in [0.05, 0.1) is 11.6 Å². The van der Waals surface area contributed by atoms with Gasteiger partial charge in [0.1, 0.15) is 17.2 Å². The highest BCUT2D eigenvalue weighted by molar-refractivity contribution is 6.16. The molecule has 0 bridgehead atoms. The van der Waals surface area contributed by atoms with Crippen LogP contribution in [0, 0.1) is 6.92 Å². The van der Waals surface area contributed by atoms with Gasteiger partial charge < -0.3 is 9.13 Å². The lowest BCUT2D eigenvalue weighted by Crippen LogP contribution is -2.11. The van der Waals surface area contributed by atoms with Gasteiger partial charge >= 0.3 is 0 Å². The van der Waals surface area contributed by atoms with Crippen LogP contribution in [-0.4, -0.2) is 28.9 Å². The third-order valence-electron chi connectivity index (χ3n) is 3.78. The predicted octanol–water partition coefficient (Wildman–Crippen LogP) is 2.28. The lowest BCUT2D eigenvalue weighted by atomic mass is 10.4. The first kappa shape index (κ1) is 14.1. The summed E-state index contributed by atoms with van der Waals surface area (Å²) in [6.07, 6.45) is 4.62. The molecule has 0 aromatic carbocycles. The summed E-state index contributed by atoms with van der Waals surface area (Å²) in [5.74, 6) is 2.35. The fraction of sp³-hybridized carbons (Fsp3) is 0.500. The molecule has 0 unspecified atom stereocenters. The van der Waals surface area contributed by atoms with Gasteiger partial charge in [-0.3, -0.25) is 0 Å². The predicted molar refractivity (Wildman–Crippen MR) is 82.4 cm³/mol. The van der Waals surface area contributed by atoms with Gasteiger partial charge in [-0.15, -0.1) is 11.6 Å². The third kappa shape index (κ3) is 2.33. The van der Waals surface area contributed by atoms with Crippen molar-refractivity contribution in [3.05, 3.63) is 29.7 Å². The van der Waals surface area contributed by atoms with Gasteiger partial charge in [0.15, 0.2) is 5.65 Å². The van der Waals surface area contributed by atoms with Crippen molar-refractivity contribution >= 4 is 22.8 Å². The number of hydrogen-bond donors (Lipinski definition) is 0. The number of rotatable bonds is 5. The van der Waals surface area contributed by atoms with Crippen LogP contribution in [0.1, 0.15) is 24.3 Å². The Hall–Kier alpha value is -1.82. The Labute approximate surface area is 128 Å². The van der Waals surface area contributed by atoms with Crippen LogP contribution in [0.15, 0.2) is 12.4 Å². The first-order valence-corrected chi connectivity index (χ1v) is 7.63. The van der Waals surface area contributed by atoms with Crippen LogP contribution in [0.4, 0.5) is 0 Å². The molecular formula is C14H19ClN6. The van der Waals surface area contributed by atoms with Gasteiger partial charge in [0, 0.05) is 39.0 Å². The number of aromatic nitrogens is 6. The average molecular weight is 307 g/mol. The summed E-state index contributed by atoms with van der Waals surface area (Å²) in [6, 6.07) is 0. The van der Waals surface area contributed by atoms with Crippen LogP contribution in [0.2, 0.25) is 0 Å². The van der Waals surface area contributed by atoms with E-state index in [-0.39, 0.29) is 0 Å². The number of fused-ring (bicyclic) bond motifs is 1. The van der Waals surface area contributed by atoms with E-state index in [1.807, 2.05) is 35.6 Å². The topological polar surface area (TPSA) is 53.5 Å². The monoisotopic (exact) mass is 306 g/mol. The van der Waals surface area contributed by atoms with Crippen molar-refractivity contribution < 1.29 is 0 Å². The van der Waals surface area contributed by atoms with Crippen molar-refractivity contribution in [1.29, 1.82) is 0 Å². The van der Waals surface area contributed by atoms with Crippen molar-refractivity contribution in [2.24, 2.45) is 7.05 Å². The maximum Gasteiger partial charge on any atom is 0.158 e. The zero-order valence-corrected chi connectivity index (χ0v) is 13.3. The summed E-state index contributed by atoms with van der Waals surface area (Å²) in [6.45, 7) is 5.69. The molecule has 0 amide bonds. The normalized spacial score (nSPS) is 11.6. The van der Waals surface area contributed by atoms with Gasteiger partial charge in [0.2, 0.25) is 0 Å². The second-order valence-electron chi connectivity index (χ2n) is 5.09. The molecule has 6 nitrogen and oxygen atoms in total.